The summed E-state index contributed by atoms with van der Waals surface area (Å²) in [6, 6.07) is 12.4. The molecule has 19 heavy (non-hydrogen) atoms. The van der Waals surface area contributed by atoms with Crippen molar-refractivity contribution >= 4 is 11.5 Å². The lowest BCUT2D eigenvalue weighted by atomic mass is 9.89. The Morgan fingerprint density at radius 1 is 1.26 bits per heavy atom. The molecular weight excluding hydrogens is 256 g/mol. The molecule has 3 rings (SSSR count). The number of benzene rings is 1. The topological polar surface area (TPSA) is 36.4 Å². The second kappa shape index (κ2) is 5.41. The number of hydrogen-bond donors (Lipinski definition) is 1. The summed E-state index contributed by atoms with van der Waals surface area (Å²) in [7, 11) is 0. The summed E-state index contributed by atoms with van der Waals surface area (Å²) >= 11 is 1.41. The Morgan fingerprint density at radius 2 is 2.11 bits per heavy atom. The fourth-order valence-corrected chi connectivity index (χ4v) is 3.36. The van der Waals surface area contributed by atoms with E-state index in [1.807, 2.05) is 17.5 Å². The van der Waals surface area contributed by atoms with Crippen LogP contribution in [0.15, 0.2) is 41.8 Å². The molecule has 1 N–H and O–H groups in total. The number of likely N-dealkylation sites (tertiary alicyclic amines) is 1. The van der Waals surface area contributed by atoms with Gasteiger partial charge < -0.3 is 5.11 Å². The maximum absolute atomic E-state index is 10.8. The molecule has 1 atom stereocenters. The molecule has 0 bridgehead atoms. The van der Waals surface area contributed by atoms with Crippen LogP contribution in [0, 0.1) is 0 Å². The number of hydrogen-bond acceptors (Lipinski definition) is 4. The molecule has 1 aliphatic rings. The Hall–Kier alpha value is -1.23. The van der Waals surface area contributed by atoms with E-state index in [2.05, 4.69) is 33.5 Å². The molecule has 0 radical (unpaired) electrons. The Kier molecular flexibility index (Phi) is 3.64. The van der Waals surface area contributed by atoms with Crippen molar-refractivity contribution in [3.8, 4) is 0 Å². The molecule has 1 aromatic carbocycles. The van der Waals surface area contributed by atoms with Crippen molar-refractivity contribution in [3.63, 3.8) is 0 Å². The molecule has 1 aliphatic heterocycles. The summed E-state index contributed by atoms with van der Waals surface area (Å²) in [6.45, 7) is 2.61. The Labute approximate surface area is 117 Å². The van der Waals surface area contributed by atoms with Gasteiger partial charge in [0.05, 0.1) is 5.69 Å². The predicted molar refractivity (Wildman–Crippen MR) is 77.0 cm³/mol. The highest BCUT2D eigenvalue weighted by molar-refractivity contribution is 7.03. The van der Waals surface area contributed by atoms with Gasteiger partial charge in [0.1, 0.15) is 5.60 Å². The summed E-state index contributed by atoms with van der Waals surface area (Å²) in [5.74, 6) is 0. The maximum Gasteiger partial charge on any atom is 0.120 e. The molecular formula is C15H18N2OS. The van der Waals surface area contributed by atoms with Crippen LogP contribution < -0.4 is 0 Å². The zero-order valence-corrected chi connectivity index (χ0v) is 11.6. The first-order valence-corrected chi connectivity index (χ1v) is 7.49. The molecule has 0 spiro atoms. The fourth-order valence-electron chi connectivity index (χ4n) is 2.76. The molecule has 0 aliphatic carbocycles. The summed E-state index contributed by atoms with van der Waals surface area (Å²) in [5, 5.41) is 12.7. The first-order chi connectivity index (χ1) is 9.26. The number of piperidine rings is 1. The number of aromatic nitrogens is 1. The minimum absolute atomic E-state index is 0.672. The molecule has 1 aromatic heterocycles. The van der Waals surface area contributed by atoms with Crippen LogP contribution in [0.25, 0.3) is 0 Å². The van der Waals surface area contributed by atoms with Crippen molar-refractivity contribution in [2.24, 2.45) is 0 Å². The third-order valence-corrected chi connectivity index (χ3v) is 4.27. The van der Waals surface area contributed by atoms with Gasteiger partial charge in [-0.15, -0.1) is 0 Å². The van der Waals surface area contributed by atoms with Crippen LogP contribution in [0.3, 0.4) is 0 Å². The summed E-state index contributed by atoms with van der Waals surface area (Å²) in [5.41, 5.74) is 1.35. The molecule has 2 aromatic rings. The van der Waals surface area contributed by atoms with Gasteiger partial charge in [-0.2, -0.15) is 4.37 Å². The standard InChI is InChI=1S/C15H18N2OS/c18-15(14-7-10-19-16-14)8-4-9-17(12-15)11-13-5-2-1-3-6-13/h1-3,5-7,10,18H,4,8-9,11-12H2. The number of β-amino-alcohol motifs (C(OH)–C–C–N with tert-alkyl or cyclic N) is 1. The Morgan fingerprint density at radius 3 is 2.84 bits per heavy atom. The SMILES string of the molecule is OC1(c2ccsn2)CCCN(Cc2ccccc2)C1. The summed E-state index contributed by atoms with van der Waals surface area (Å²) in [4.78, 5) is 2.32. The molecule has 1 saturated heterocycles. The largest absolute Gasteiger partial charge is 0.382 e. The van der Waals surface area contributed by atoms with E-state index in [9.17, 15) is 5.11 Å². The highest BCUT2D eigenvalue weighted by atomic mass is 32.1. The highest BCUT2D eigenvalue weighted by Gasteiger charge is 2.36. The van der Waals surface area contributed by atoms with Gasteiger partial charge in [0.25, 0.3) is 0 Å². The van der Waals surface area contributed by atoms with Gasteiger partial charge in [0, 0.05) is 18.5 Å². The van der Waals surface area contributed by atoms with Gasteiger partial charge in [-0.1, -0.05) is 30.3 Å². The first kappa shape index (κ1) is 12.8. The third-order valence-electron chi connectivity index (χ3n) is 3.71. The van der Waals surface area contributed by atoms with Gasteiger partial charge >= 0.3 is 0 Å². The lowest BCUT2D eigenvalue weighted by Gasteiger charge is -2.38. The van der Waals surface area contributed by atoms with Crippen molar-refractivity contribution in [1.29, 1.82) is 0 Å². The van der Waals surface area contributed by atoms with E-state index in [0.717, 1.165) is 31.6 Å². The van der Waals surface area contributed by atoms with Crippen LogP contribution in [0.5, 0.6) is 0 Å². The lowest BCUT2D eigenvalue weighted by Crippen LogP contribution is -2.45. The zero-order valence-electron chi connectivity index (χ0n) is 10.8. The van der Waals surface area contributed by atoms with Crippen LogP contribution in [-0.2, 0) is 12.1 Å². The van der Waals surface area contributed by atoms with Crippen molar-refractivity contribution < 1.29 is 5.11 Å². The first-order valence-electron chi connectivity index (χ1n) is 6.66. The molecule has 3 nitrogen and oxygen atoms in total. The molecule has 0 amide bonds. The minimum atomic E-state index is -0.771. The second-order valence-corrected chi connectivity index (χ2v) is 5.88. The van der Waals surface area contributed by atoms with E-state index in [4.69, 9.17) is 0 Å². The van der Waals surface area contributed by atoms with Crippen LogP contribution in [0.1, 0.15) is 24.1 Å². The molecule has 0 saturated carbocycles. The maximum atomic E-state index is 10.8. The zero-order chi connectivity index (χ0) is 13.1. The second-order valence-electron chi connectivity index (χ2n) is 5.22. The van der Waals surface area contributed by atoms with Gasteiger partial charge in [-0.05, 0) is 42.5 Å². The van der Waals surface area contributed by atoms with Gasteiger partial charge in [0.2, 0.25) is 0 Å². The average molecular weight is 274 g/mol. The molecule has 4 heteroatoms. The molecule has 100 valence electrons. The predicted octanol–water partition coefficient (Wildman–Crippen LogP) is 2.63. The summed E-state index contributed by atoms with van der Waals surface area (Å²) < 4.78 is 4.32. The van der Waals surface area contributed by atoms with Crippen LogP contribution >= 0.6 is 11.5 Å². The summed E-state index contributed by atoms with van der Waals surface area (Å²) in [6.07, 6.45) is 1.82. The van der Waals surface area contributed by atoms with E-state index in [1.165, 1.54) is 17.1 Å². The van der Waals surface area contributed by atoms with Crippen LogP contribution in [0.4, 0.5) is 0 Å². The lowest BCUT2D eigenvalue weighted by molar-refractivity contribution is -0.0406. The van der Waals surface area contributed by atoms with Gasteiger partial charge in [-0.3, -0.25) is 4.90 Å². The van der Waals surface area contributed by atoms with Crippen molar-refractivity contribution in [2.45, 2.75) is 25.0 Å². The molecule has 2 heterocycles. The van der Waals surface area contributed by atoms with E-state index in [-0.39, 0.29) is 0 Å². The van der Waals surface area contributed by atoms with Crippen molar-refractivity contribution in [1.82, 2.24) is 9.27 Å². The van der Waals surface area contributed by atoms with Crippen molar-refractivity contribution in [2.75, 3.05) is 13.1 Å². The quantitative estimate of drug-likeness (QED) is 0.934. The molecule has 1 unspecified atom stereocenters. The minimum Gasteiger partial charge on any atom is -0.382 e. The van der Waals surface area contributed by atoms with Gasteiger partial charge in [-0.25, -0.2) is 0 Å². The van der Waals surface area contributed by atoms with Crippen LogP contribution in [0.2, 0.25) is 0 Å². The number of rotatable bonds is 3. The highest BCUT2D eigenvalue weighted by Crippen LogP contribution is 2.31. The smallest absolute Gasteiger partial charge is 0.120 e. The normalized spacial score (nSPS) is 24.5. The van der Waals surface area contributed by atoms with Crippen molar-refractivity contribution in [3.05, 3.63) is 53.0 Å². The van der Waals surface area contributed by atoms with E-state index in [0.29, 0.717) is 6.54 Å². The van der Waals surface area contributed by atoms with E-state index < -0.39 is 5.60 Å². The monoisotopic (exact) mass is 274 g/mol. The Balaban J connectivity index is 1.72. The Bertz CT molecular complexity index is 514. The number of aliphatic hydroxyl groups is 1. The third kappa shape index (κ3) is 2.86. The molecule has 1 fully saturated rings. The fraction of sp³-hybridized carbons (Fsp3) is 0.400. The van der Waals surface area contributed by atoms with Crippen LogP contribution in [-0.4, -0.2) is 27.5 Å². The number of nitrogens with zero attached hydrogens (tertiary/aromatic N) is 2. The average Bonchev–Trinajstić information content (AvgIpc) is 2.95. The van der Waals surface area contributed by atoms with Gasteiger partial charge in [0.15, 0.2) is 0 Å². The van der Waals surface area contributed by atoms with E-state index >= 15 is 0 Å². The van der Waals surface area contributed by atoms with E-state index in [1.54, 1.807) is 0 Å².